The third-order valence-electron chi connectivity index (χ3n) is 3.45. The first kappa shape index (κ1) is 21.4. The van der Waals surface area contributed by atoms with Crippen LogP contribution in [0.15, 0.2) is 6.07 Å². The Balaban J connectivity index is 2.89. The van der Waals surface area contributed by atoms with Crippen LogP contribution in [-0.2, 0) is 4.74 Å². The summed E-state index contributed by atoms with van der Waals surface area (Å²) in [5.41, 5.74) is 1.26. The number of nitrogens with zero attached hydrogens (tertiary/aromatic N) is 2. The first-order chi connectivity index (χ1) is 11.9. The van der Waals surface area contributed by atoms with Gasteiger partial charge in [-0.1, -0.05) is 13.8 Å². The molecule has 1 heterocycles. The van der Waals surface area contributed by atoms with Gasteiger partial charge < -0.3 is 19.5 Å². The molecule has 144 valence electrons. The van der Waals surface area contributed by atoms with Crippen LogP contribution in [0.5, 0.6) is 11.6 Å². The molecule has 0 fully saturated rings. The van der Waals surface area contributed by atoms with Gasteiger partial charge in [-0.2, -0.15) is 8.78 Å². The number of aryl methyl sites for hydroxylation is 1. The van der Waals surface area contributed by atoms with Crippen molar-refractivity contribution in [2.24, 2.45) is 0 Å². The highest BCUT2D eigenvalue weighted by Crippen LogP contribution is 2.32. The Morgan fingerprint density at radius 1 is 1.28 bits per heavy atom. The fourth-order valence-corrected chi connectivity index (χ4v) is 1.96. The Kier molecular flexibility index (Phi) is 9.44. The van der Waals surface area contributed by atoms with E-state index in [0.29, 0.717) is 31.3 Å². The number of halogens is 2. The molecular weight excluding hydrogens is 332 g/mol. The second-order valence-electron chi connectivity index (χ2n) is 5.81. The van der Waals surface area contributed by atoms with E-state index < -0.39 is 6.61 Å². The van der Waals surface area contributed by atoms with E-state index >= 15 is 0 Å². The van der Waals surface area contributed by atoms with Crippen molar-refractivity contribution in [3.05, 3.63) is 11.8 Å². The molecule has 1 aromatic rings. The molecular formula is C17H29F2N3O3. The SMILES string of the molecule is CCCOCC(C)Oc1nc(C)c(NCN(C)CC)cc1OC(F)F. The monoisotopic (exact) mass is 361 g/mol. The van der Waals surface area contributed by atoms with Gasteiger partial charge in [-0.15, -0.1) is 0 Å². The Morgan fingerprint density at radius 2 is 2.00 bits per heavy atom. The Labute approximate surface area is 148 Å². The minimum absolute atomic E-state index is 0.0415. The fourth-order valence-electron chi connectivity index (χ4n) is 1.96. The van der Waals surface area contributed by atoms with Gasteiger partial charge >= 0.3 is 6.61 Å². The van der Waals surface area contributed by atoms with Crippen molar-refractivity contribution in [1.82, 2.24) is 9.88 Å². The van der Waals surface area contributed by atoms with Crippen molar-refractivity contribution in [3.63, 3.8) is 0 Å². The van der Waals surface area contributed by atoms with Crippen LogP contribution in [-0.4, -0.2) is 56.1 Å². The Bertz CT molecular complexity index is 518. The van der Waals surface area contributed by atoms with Crippen LogP contribution in [0.4, 0.5) is 14.5 Å². The van der Waals surface area contributed by atoms with Gasteiger partial charge in [0, 0.05) is 12.7 Å². The lowest BCUT2D eigenvalue weighted by Gasteiger charge is -2.20. The Morgan fingerprint density at radius 3 is 2.60 bits per heavy atom. The van der Waals surface area contributed by atoms with E-state index in [9.17, 15) is 8.78 Å². The molecule has 1 unspecified atom stereocenters. The zero-order valence-corrected chi connectivity index (χ0v) is 15.6. The average Bonchev–Trinajstić information content (AvgIpc) is 2.55. The molecule has 1 atom stereocenters. The van der Waals surface area contributed by atoms with Gasteiger partial charge in [0.1, 0.15) is 6.10 Å². The van der Waals surface area contributed by atoms with Crippen LogP contribution >= 0.6 is 0 Å². The number of rotatable bonds is 12. The summed E-state index contributed by atoms with van der Waals surface area (Å²) < 4.78 is 41.1. The quantitative estimate of drug-likeness (QED) is 0.454. The van der Waals surface area contributed by atoms with Crippen molar-refractivity contribution < 1.29 is 23.0 Å². The summed E-state index contributed by atoms with van der Waals surface area (Å²) in [6, 6.07) is 1.49. The maximum Gasteiger partial charge on any atom is 0.387 e. The first-order valence-corrected chi connectivity index (χ1v) is 8.50. The predicted octanol–water partition coefficient (Wildman–Crippen LogP) is 3.51. The fraction of sp³-hybridized carbons (Fsp3) is 0.706. The molecule has 6 nitrogen and oxygen atoms in total. The molecule has 0 aliphatic carbocycles. The number of hydrogen-bond donors (Lipinski definition) is 1. The van der Waals surface area contributed by atoms with Gasteiger partial charge in [-0.25, -0.2) is 4.98 Å². The van der Waals surface area contributed by atoms with Crippen LogP contribution < -0.4 is 14.8 Å². The molecule has 0 aromatic carbocycles. The Hall–Kier alpha value is -1.67. The van der Waals surface area contributed by atoms with E-state index in [2.05, 4.69) is 15.0 Å². The number of ether oxygens (including phenoxy) is 3. The molecule has 0 saturated heterocycles. The van der Waals surface area contributed by atoms with Crippen molar-refractivity contribution >= 4 is 5.69 Å². The lowest BCUT2D eigenvalue weighted by Crippen LogP contribution is -2.25. The molecule has 0 aliphatic heterocycles. The van der Waals surface area contributed by atoms with Crippen LogP contribution in [0.1, 0.15) is 32.9 Å². The minimum atomic E-state index is -2.95. The van der Waals surface area contributed by atoms with Crippen LogP contribution in [0.2, 0.25) is 0 Å². The molecule has 0 bridgehead atoms. The average molecular weight is 361 g/mol. The van der Waals surface area contributed by atoms with Gasteiger partial charge in [0.15, 0.2) is 5.75 Å². The lowest BCUT2D eigenvalue weighted by atomic mass is 10.3. The van der Waals surface area contributed by atoms with Gasteiger partial charge in [-0.3, -0.25) is 4.90 Å². The summed E-state index contributed by atoms with van der Waals surface area (Å²) in [6.45, 7) is 7.05. The van der Waals surface area contributed by atoms with E-state index in [1.807, 2.05) is 25.8 Å². The van der Waals surface area contributed by atoms with Crippen molar-refractivity contribution in [1.29, 1.82) is 0 Å². The van der Waals surface area contributed by atoms with Gasteiger partial charge in [-0.05, 0) is 33.9 Å². The van der Waals surface area contributed by atoms with E-state index in [4.69, 9.17) is 9.47 Å². The van der Waals surface area contributed by atoms with Crippen molar-refractivity contribution in [2.45, 2.75) is 46.8 Å². The van der Waals surface area contributed by atoms with Gasteiger partial charge in [0.2, 0.25) is 0 Å². The van der Waals surface area contributed by atoms with Gasteiger partial charge in [0.25, 0.3) is 5.88 Å². The molecule has 8 heteroatoms. The van der Waals surface area contributed by atoms with E-state index in [-0.39, 0.29) is 17.7 Å². The van der Waals surface area contributed by atoms with Crippen LogP contribution in [0, 0.1) is 6.92 Å². The molecule has 0 radical (unpaired) electrons. The highest BCUT2D eigenvalue weighted by molar-refractivity contribution is 5.55. The largest absolute Gasteiger partial charge is 0.470 e. The van der Waals surface area contributed by atoms with Crippen LogP contribution in [0.3, 0.4) is 0 Å². The highest BCUT2D eigenvalue weighted by Gasteiger charge is 2.18. The molecule has 0 amide bonds. The summed E-state index contributed by atoms with van der Waals surface area (Å²) in [5.74, 6) is -0.0515. The second-order valence-corrected chi connectivity index (χ2v) is 5.81. The maximum absolute atomic E-state index is 12.7. The molecule has 1 N–H and O–H groups in total. The van der Waals surface area contributed by atoms with Crippen molar-refractivity contribution in [3.8, 4) is 11.6 Å². The highest BCUT2D eigenvalue weighted by atomic mass is 19.3. The molecule has 0 aliphatic rings. The minimum Gasteiger partial charge on any atom is -0.470 e. The van der Waals surface area contributed by atoms with Crippen molar-refractivity contribution in [2.75, 3.05) is 38.8 Å². The summed E-state index contributed by atoms with van der Waals surface area (Å²) in [5, 5.41) is 3.16. The van der Waals surface area contributed by atoms with E-state index in [1.165, 1.54) is 6.07 Å². The third-order valence-corrected chi connectivity index (χ3v) is 3.45. The summed E-state index contributed by atoms with van der Waals surface area (Å²) >= 11 is 0. The smallest absolute Gasteiger partial charge is 0.387 e. The van der Waals surface area contributed by atoms with E-state index in [1.54, 1.807) is 13.8 Å². The standard InChI is InChI=1S/C17H29F2N3O3/c1-6-8-23-10-12(3)24-16-15(25-17(18)19)9-14(13(4)21-16)20-11-22(5)7-2/h9,12,17,20H,6-8,10-11H2,1-5H3. The number of aromatic nitrogens is 1. The summed E-state index contributed by atoms with van der Waals surface area (Å²) in [6.07, 6.45) is 0.569. The second kappa shape index (κ2) is 11.0. The van der Waals surface area contributed by atoms with Crippen LogP contribution in [0.25, 0.3) is 0 Å². The first-order valence-electron chi connectivity index (χ1n) is 8.50. The lowest BCUT2D eigenvalue weighted by molar-refractivity contribution is -0.0530. The maximum atomic E-state index is 12.7. The normalized spacial score (nSPS) is 12.5. The number of hydrogen-bond acceptors (Lipinski definition) is 6. The topological polar surface area (TPSA) is 55.9 Å². The molecule has 0 saturated carbocycles. The summed E-state index contributed by atoms with van der Waals surface area (Å²) in [7, 11) is 1.95. The zero-order valence-electron chi connectivity index (χ0n) is 15.6. The number of pyridine rings is 1. The van der Waals surface area contributed by atoms with Gasteiger partial charge in [0.05, 0.1) is 24.7 Å². The van der Waals surface area contributed by atoms with E-state index in [0.717, 1.165) is 13.0 Å². The predicted molar refractivity (Wildman–Crippen MR) is 93.6 cm³/mol. The number of nitrogens with one attached hydrogen (secondary N) is 1. The number of anilines is 1. The zero-order chi connectivity index (χ0) is 18.8. The number of alkyl halides is 2. The summed E-state index contributed by atoms with van der Waals surface area (Å²) in [4.78, 5) is 6.31. The molecule has 25 heavy (non-hydrogen) atoms. The molecule has 0 spiro atoms. The molecule has 1 rings (SSSR count). The third kappa shape index (κ3) is 7.83. The molecule has 1 aromatic heterocycles.